The minimum atomic E-state index is -0.0456. The average Bonchev–Trinajstić information content (AvgIpc) is 3.21. The fourth-order valence-corrected chi connectivity index (χ4v) is 3.08. The van der Waals surface area contributed by atoms with E-state index in [1.807, 2.05) is 48.5 Å². The second-order valence-electron chi connectivity index (χ2n) is 5.86. The van der Waals surface area contributed by atoms with Crippen LogP contribution in [0.1, 0.15) is 11.5 Å². The summed E-state index contributed by atoms with van der Waals surface area (Å²) >= 11 is 1.42. The van der Waals surface area contributed by atoms with Gasteiger partial charge in [-0.1, -0.05) is 17.3 Å². The van der Waals surface area contributed by atoms with Gasteiger partial charge in [0.05, 0.1) is 25.7 Å². The Morgan fingerprint density at radius 3 is 2.32 bits per heavy atom. The average molecular weight is 399 g/mol. The van der Waals surface area contributed by atoms with E-state index in [0.29, 0.717) is 29.8 Å². The summed E-state index contributed by atoms with van der Waals surface area (Å²) in [5.74, 6) is 3.30. The Bertz CT molecular complexity index is 895. The smallest absolute Gasteiger partial charge is 0.236 e. The second-order valence-corrected chi connectivity index (χ2v) is 6.84. The number of amides is 1. The Morgan fingerprint density at radius 1 is 1.04 bits per heavy atom. The van der Waals surface area contributed by atoms with Crippen molar-refractivity contribution in [2.75, 3.05) is 20.0 Å². The minimum Gasteiger partial charge on any atom is -0.497 e. The van der Waals surface area contributed by atoms with Crippen molar-refractivity contribution in [3.8, 4) is 22.9 Å². The molecule has 3 aromatic rings. The number of carbonyl (C=O) groups excluding carboxylic acids is 1. The molecule has 0 unspecified atom stereocenters. The van der Waals surface area contributed by atoms with Crippen molar-refractivity contribution < 1.29 is 18.8 Å². The Balaban J connectivity index is 1.41. The number of ether oxygens (including phenoxy) is 2. The summed E-state index contributed by atoms with van der Waals surface area (Å²) < 4.78 is 15.5. The van der Waals surface area contributed by atoms with Gasteiger partial charge in [-0.25, -0.2) is 0 Å². The quantitative estimate of drug-likeness (QED) is 0.591. The molecule has 0 atom stereocenters. The van der Waals surface area contributed by atoms with Crippen LogP contribution in [0.4, 0.5) is 0 Å². The largest absolute Gasteiger partial charge is 0.497 e. The zero-order chi connectivity index (χ0) is 19.8. The lowest BCUT2D eigenvalue weighted by molar-refractivity contribution is -0.118. The predicted molar refractivity (Wildman–Crippen MR) is 107 cm³/mol. The molecule has 0 saturated carbocycles. The number of nitrogens with one attached hydrogen (secondary N) is 1. The molecule has 0 bridgehead atoms. The highest BCUT2D eigenvalue weighted by Gasteiger charge is 2.10. The van der Waals surface area contributed by atoms with Gasteiger partial charge in [-0.05, 0) is 42.0 Å². The molecule has 1 aromatic heterocycles. The van der Waals surface area contributed by atoms with Crippen LogP contribution in [0, 0.1) is 0 Å². The van der Waals surface area contributed by atoms with Gasteiger partial charge in [-0.2, -0.15) is 4.98 Å². The minimum absolute atomic E-state index is 0.0456. The highest BCUT2D eigenvalue weighted by Crippen LogP contribution is 2.21. The van der Waals surface area contributed by atoms with Gasteiger partial charge in [0.25, 0.3) is 0 Å². The number of benzene rings is 2. The van der Waals surface area contributed by atoms with Gasteiger partial charge in [0, 0.05) is 12.1 Å². The van der Waals surface area contributed by atoms with Crippen molar-refractivity contribution >= 4 is 17.7 Å². The van der Waals surface area contributed by atoms with Crippen molar-refractivity contribution in [2.45, 2.75) is 12.3 Å². The van der Waals surface area contributed by atoms with Crippen molar-refractivity contribution in [1.29, 1.82) is 0 Å². The summed E-state index contributed by atoms with van der Waals surface area (Å²) in [5, 5.41) is 6.86. The first-order valence-corrected chi connectivity index (χ1v) is 9.78. The van der Waals surface area contributed by atoms with Crippen LogP contribution >= 0.6 is 11.8 Å². The van der Waals surface area contributed by atoms with E-state index in [1.165, 1.54) is 11.8 Å². The van der Waals surface area contributed by atoms with E-state index in [0.717, 1.165) is 22.6 Å². The van der Waals surface area contributed by atoms with Gasteiger partial charge in [-0.15, -0.1) is 11.8 Å². The molecule has 0 saturated heterocycles. The molecule has 0 spiro atoms. The van der Waals surface area contributed by atoms with Gasteiger partial charge >= 0.3 is 0 Å². The lowest BCUT2D eigenvalue weighted by Crippen LogP contribution is -2.24. The third kappa shape index (κ3) is 5.50. The maximum atomic E-state index is 12.0. The highest BCUT2D eigenvalue weighted by atomic mass is 32.2. The monoisotopic (exact) mass is 399 g/mol. The van der Waals surface area contributed by atoms with Crippen LogP contribution in [0.3, 0.4) is 0 Å². The summed E-state index contributed by atoms with van der Waals surface area (Å²) in [6, 6.07) is 15.0. The van der Waals surface area contributed by atoms with Crippen LogP contribution in [0.25, 0.3) is 11.4 Å². The number of rotatable bonds is 9. The molecule has 146 valence electrons. The highest BCUT2D eigenvalue weighted by molar-refractivity contribution is 7.99. The molecule has 0 aliphatic rings. The van der Waals surface area contributed by atoms with Crippen LogP contribution < -0.4 is 14.8 Å². The molecule has 3 rings (SSSR count). The Labute approximate surface area is 167 Å². The van der Waals surface area contributed by atoms with E-state index in [2.05, 4.69) is 15.5 Å². The zero-order valence-corrected chi connectivity index (χ0v) is 16.5. The first-order chi connectivity index (χ1) is 13.7. The van der Waals surface area contributed by atoms with Crippen LogP contribution in [-0.4, -0.2) is 36.0 Å². The molecule has 0 radical (unpaired) electrons. The zero-order valence-electron chi connectivity index (χ0n) is 15.7. The van der Waals surface area contributed by atoms with E-state index in [4.69, 9.17) is 14.0 Å². The number of hydrogen-bond acceptors (Lipinski definition) is 7. The van der Waals surface area contributed by atoms with Gasteiger partial charge in [-0.3, -0.25) is 4.79 Å². The lowest BCUT2D eigenvalue weighted by Gasteiger charge is -2.05. The van der Waals surface area contributed by atoms with Crippen molar-refractivity contribution in [3.05, 3.63) is 60.0 Å². The van der Waals surface area contributed by atoms with Crippen molar-refractivity contribution in [2.24, 2.45) is 0 Å². The van der Waals surface area contributed by atoms with E-state index >= 15 is 0 Å². The van der Waals surface area contributed by atoms with E-state index < -0.39 is 0 Å². The number of carbonyl (C=O) groups is 1. The Morgan fingerprint density at radius 2 is 1.68 bits per heavy atom. The SMILES string of the molecule is COc1ccc(CNC(=O)CSCc2nc(-c3ccc(OC)cc3)no2)cc1. The van der Waals surface area contributed by atoms with Crippen molar-refractivity contribution in [1.82, 2.24) is 15.5 Å². The van der Waals surface area contributed by atoms with E-state index in [1.54, 1.807) is 14.2 Å². The predicted octanol–water partition coefficient (Wildman–Crippen LogP) is 3.30. The van der Waals surface area contributed by atoms with Gasteiger partial charge in [0.1, 0.15) is 11.5 Å². The third-order valence-corrected chi connectivity index (χ3v) is 4.84. The van der Waals surface area contributed by atoms with Crippen molar-refractivity contribution in [3.63, 3.8) is 0 Å². The van der Waals surface area contributed by atoms with Gasteiger partial charge in [0.15, 0.2) is 0 Å². The van der Waals surface area contributed by atoms with Crippen LogP contribution in [0.15, 0.2) is 53.1 Å². The molecule has 0 aliphatic carbocycles. The first kappa shape index (κ1) is 19.8. The van der Waals surface area contributed by atoms with E-state index in [-0.39, 0.29) is 5.91 Å². The van der Waals surface area contributed by atoms with Crippen LogP contribution in [0.5, 0.6) is 11.5 Å². The molecular formula is C20H21N3O4S. The Kier molecular flexibility index (Phi) is 6.91. The fourth-order valence-electron chi connectivity index (χ4n) is 2.40. The topological polar surface area (TPSA) is 86.5 Å². The van der Waals surface area contributed by atoms with Gasteiger partial charge in [0.2, 0.25) is 17.6 Å². The first-order valence-electron chi connectivity index (χ1n) is 8.62. The summed E-state index contributed by atoms with van der Waals surface area (Å²) in [6.07, 6.45) is 0. The number of methoxy groups -OCH3 is 2. The number of hydrogen-bond donors (Lipinski definition) is 1. The molecule has 1 N–H and O–H groups in total. The summed E-state index contributed by atoms with van der Waals surface area (Å²) in [6.45, 7) is 0.478. The number of thioether (sulfide) groups is 1. The normalized spacial score (nSPS) is 10.5. The maximum Gasteiger partial charge on any atom is 0.236 e. The summed E-state index contributed by atoms with van der Waals surface area (Å²) in [7, 11) is 3.24. The summed E-state index contributed by atoms with van der Waals surface area (Å²) in [5.41, 5.74) is 1.86. The maximum absolute atomic E-state index is 12.0. The molecule has 2 aromatic carbocycles. The molecule has 8 heteroatoms. The molecule has 7 nitrogen and oxygen atoms in total. The summed E-state index contributed by atoms with van der Waals surface area (Å²) in [4.78, 5) is 16.3. The molecule has 0 aliphatic heterocycles. The molecular weight excluding hydrogens is 378 g/mol. The second kappa shape index (κ2) is 9.80. The molecule has 0 fully saturated rings. The number of nitrogens with zero attached hydrogens (tertiary/aromatic N) is 2. The van der Waals surface area contributed by atoms with E-state index in [9.17, 15) is 4.79 Å². The molecule has 1 amide bonds. The number of aromatic nitrogens is 2. The molecule has 28 heavy (non-hydrogen) atoms. The molecule has 1 heterocycles. The third-order valence-electron chi connectivity index (χ3n) is 3.92. The lowest BCUT2D eigenvalue weighted by atomic mass is 10.2. The van der Waals surface area contributed by atoms with Crippen LogP contribution in [0.2, 0.25) is 0 Å². The van der Waals surface area contributed by atoms with Crippen LogP contribution in [-0.2, 0) is 17.1 Å². The standard InChI is InChI=1S/C20H21N3O4S/c1-25-16-7-3-14(4-8-16)11-21-18(24)12-28-13-19-22-20(23-27-19)15-5-9-17(26-2)10-6-15/h3-10H,11-13H2,1-2H3,(H,21,24). The fraction of sp³-hybridized carbons (Fsp3) is 0.250. The van der Waals surface area contributed by atoms with Gasteiger partial charge < -0.3 is 19.3 Å². The Hall–Kier alpha value is -3.00.